The van der Waals surface area contributed by atoms with Crippen LogP contribution in [-0.4, -0.2) is 24.4 Å². The van der Waals surface area contributed by atoms with Gasteiger partial charge in [-0.25, -0.2) is 14.2 Å². The number of aromatic nitrogens is 1. The van der Waals surface area contributed by atoms with Gasteiger partial charge in [0, 0.05) is 23.2 Å². The van der Waals surface area contributed by atoms with Crippen molar-refractivity contribution >= 4 is 22.8 Å². The molecule has 3 aromatic rings. The first-order chi connectivity index (χ1) is 14.3. The molecular weight excluding hydrogens is 389 g/mol. The number of carbonyl (C=O) groups is 1. The van der Waals surface area contributed by atoms with Gasteiger partial charge in [-0.15, -0.1) is 0 Å². The van der Waals surface area contributed by atoms with Crippen LogP contribution in [0.1, 0.15) is 37.8 Å². The monoisotopic (exact) mass is 413 g/mol. The third kappa shape index (κ3) is 4.38. The van der Waals surface area contributed by atoms with Crippen molar-refractivity contribution in [3.63, 3.8) is 0 Å². The first-order valence-corrected chi connectivity index (χ1v) is 9.77. The number of carbonyl (C=O) groups excluding carboxylic acids is 1. The Morgan fingerprint density at radius 3 is 2.87 bits per heavy atom. The number of amides is 2. The number of halogens is 1. The summed E-state index contributed by atoms with van der Waals surface area (Å²) in [6.07, 6.45) is 0.435. The Morgan fingerprint density at radius 1 is 1.23 bits per heavy atom. The van der Waals surface area contributed by atoms with Crippen molar-refractivity contribution in [1.82, 2.24) is 10.3 Å². The molecule has 0 spiro atoms. The molecule has 1 aliphatic rings. The van der Waals surface area contributed by atoms with E-state index in [0.717, 1.165) is 0 Å². The quantitative estimate of drug-likeness (QED) is 0.658. The van der Waals surface area contributed by atoms with Gasteiger partial charge < -0.3 is 24.5 Å². The summed E-state index contributed by atoms with van der Waals surface area (Å²) in [6, 6.07) is 7.79. The van der Waals surface area contributed by atoms with Crippen molar-refractivity contribution in [2.24, 2.45) is 0 Å². The lowest BCUT2D eigenvalue weighted by Gasteiger charge is -2.21. The average molecular weight is 413 g/mol. The minimum atomic E-state index is -0.358. The van der Waals surface area contributed by atoms with Crippen molar-refractivity contribution < 1.29 is 23.1 Å². The standard InChI is InChI=1S/C22H24FN3O4/c1-22(2,3)20-26-17-10-16(4-5-18(17)30-20)25-21(27)24-7-6-13-8-15(23)9-14-11-28-12-29-19(13)14/h4-5,8-10H,6-7,11-12H2,1-3H3,(H2,24,25,27). The van der Waals surface area contributed by atoms with Crippen molar-refractivity contribution in [3.05, 3.63) is 53.2 Å². The number of oxazole rings is 1. The molecule has 1 aliphatic heterocycles. The van der Waals surface area contributed by atoms with Crippen molar-refractivity contribution in [2.75, 3.05) is 18.7 Å². The maximum Gasteiger partial charge on any atom is 0.319 e. The molecule has 8 heteroatoms. The molecule has 0 atom stereocenters. The van der Waals surface area contributed by atoms with E-state index in [-0.39, 0.29) is 24.1 Å². The fraction of sp³-hybridized carbons (Fsp3) is 0.364. The molecule has 2 amide bonds. The van der Waals surface area contributed by atoms with Crippen LogP contribution in [0, 0.1) is 5.82 Å². The van der Waals surface area contributed by atoms with Crippen LogP contribution in [0.5, 0.6) is 5.75 Å². The normalized spacial score (nSPS) is 13.6. The first kappa shape index (κ1) is 20.2. The maximum atomic E-state index is 13.8. The molecule has 0 saturated heterocycles. The van der Waals surface area contributed by atoms with E-state index in [0.29, 0.717) is 59.1 Å². The van der Waals surface area contributed by atoms with Gasteiger partial charge in [0.05, 0.1) is 6.61 Å². The zero-order chi connectivity index (χ0) is 21.3. The number of fused-ring (bicyclic) bond motifs is 2. The van der Waals surface area contributed by atoms with Gasteiger partial charge >= 0.3 is 6.03 Å². The highest BCUT2D eigenvalue weighted by Gasteiger charge is 2.21. The molecule has 0 bridgehead atoms. The van der Waals surface area contributed by atoms with Crippen LogP contribution >= 0.6 is 0 Å². The summed E-state index contributed by atoms with van der Waals surface area (Å²) in [6.45, 7) is 6.86. The third-order valence-corrected chi connectivity index (χ3v) is 4.72. The summed E-state index contributed by atoms with van der Waals surface area (Å²) in [5.41, 5.74) is 3.14. The number of benzene rings is 2. The molecule has 1 aromatic heterocycles. The molecule has 0 aliphatic carbocycles. The van der Waals surface area contributed by atoms with Crippen LogP contribution in [-0.2, 0) is 23.2 Å². The molecule has 0 saturated carbocycles. The molecule has 30 heavy (non-hydrogen) atoms. The van der Waals surface area contributed by atoms with Crippen molar-refractivity contribution in [3.8, 4) is 5.75 Å². The van der Waals surface area contributed by atoms with Crippen molar-refractivity contribution in [1.29, 1.82) is 0 Å². The van der Waals surface area contributed by atoms with E-state index in [1.165, 1.54) is 12.1 Å². The highest BCUT2D eigenvalue weighted by atomic mass is 19.1. The second kappa shape index (κ2) is 7.95. The SMILES string of the molecule is CC(C)(C)c1nc2cc(NC(=O)NCCc3cc(F)cc4c3OCOC4)ccc2o1. The predicted molar refractivity (Wildman–Crippen MR) is 110 cm³/mol. The molecule has 4 rings (SSSR count). The Hall–Kier alpha value is -3.13. The number of nitrogens with one attached hydrogen (secondary N) is 2. The summed E-state index contributed by atoms with van der Waals surface area (Å²) >= 11 is 0. The largest absolute Gasteiger partial charge is 0.467 e. The van der Waals surface area contributed by atoms with Gasteiger partial charge in [0.2, 0.25) is 5.89 Å². The zero-order valence-electron chi connectivity index (χ0n) is 17.2. The number of ether oxygens (including phenoxy) is 2. The minimum absolute atomic E-state index is 0.140. The first-order valence-electron chi connectivity index (χ1n) is 9.77. The Kier molecular flexibility index (Phi) is 5.34. The smallest absolute Gasteiger partial charge is 0.319 e. The summed E-state index contributed by atoms with van der Waals surface area (Å²) in [5.74, 6) is 0.930. The molecule has 2 aromatic carbocycles. The van der Waals surface area contributed by atoms with Gasteiger partial charge in [0.1, 0.15) is 17.1 Å². The van der Waals surface area contributed by atoms with Gasteiger partial charge in [-0.05, 0) is 42.3 Å². The lowest BCUT2D eigenvalue weighted by molar-refractivity contribution is -0.0172. The summed E-state index contributed by atoms with van der Waals surface area (Å²) in [4.78, 5) is 16.8. The number of nitrogens with zero attached hydrogens (tertiary/aromatic N) is 1. The van der Waals surface area contributed by atoms with Crippen molar-refractivity contribution in [2.45, 2.75) is 39.2 Å². The minimum Gasteiger partial charge on any atom is -0.467 e. The second-order valence-corrected chi connectivity index (χ2v) is 8.25. The number of rotatable bonds is 4. The van der Waals surface area contributed by atoms with Gasteiger partial charge in [0.15, 0.2) is 12.4 Å². The van der Waals surface area contributed by atoms with E-state index in [2.05, 4.69) is 15.6 Å². The molecule has 158 valence electrons. The van der Waals surface area contributed by atoms with E-state index in [1.54, 1.807) is 18.2 Å². The van der Waals surface area contributed by atoms with E-state index >= 15 is 0 Å². The summed E-state index contributed by atoms with van der Waals surface area (Å²) < 4.78 is 30.3. The Labute approximate surface area is 173 Å². The fourth-order valence-corrected chi connectivity index (χ4v) is 3.25. The molecule has 2 heterocycles. The van der Waals surface area contributed by atoms with Gasteiger partial charge in [-0.1, -0.05) is 20.8 Å². The summed E-state index contributed by atoms with van der Waals surface area (Å²) in [5, 5.41) is 5.57. The van der Waals surface area contributed by atoms with E-state index in [4.69, 9.17) is 13.9 Å². The van der Waals surface area contributed by atoms with Crippen LogP contribution in [0.25, 0.3) is 11.1 Å². The van der Waals surface area contributed by atoms with Crippen LogP contribution < -0.4 is 15.4 Å². The lowest BCUT2D eigenvalue weighted by Crippen LogP contribution is -2.30. The van der Waals surface area contributed by atoms with E-state index < -0.39 is 0 Å². The Balaban J connectivity index is 1.37. The lowest BCUT2D eigenvalue weighted by atomic mass is 9.97. The number of urea groups is 1. The van der Waals surface area contributed by atoms with Crippen LogP contribution in [0.2, 0.25) is 0 Å². The molecule has 2 N–H and O–H groups in total. The summed E-state index contributed by atoms with van der Waals surface area (Å²) in [7, 11) is 0. The van der Waals surface area contributed by atoms with Crippen LogP contribution in [0.3, 0.4) is 0 Å². The van der Waals surface area contributed by atoms with Gasteiger partial charge in [-0.3, -0.25) is 0 Å². The molecule has 0 fully saturated rings. The number of anilines is 1. The number of hydrogen-bond donors (Lipinski definition) is 2. The Bertz CT molecular complexity index is 1090. The van der Waals surface area contributed by atoms with E-state index in [1.807, 2.05) is 20.8 Å². The zero-order valence-corrected chi connectivity index (χ0v) is 17.2. The van der Waals surface area contributed by atoms with Crippen LogP contribution in [0.15, 0.2) is 34.7 Å². The van der Waals surface area contributed by atoms with E-state index in [9.17, 15) is 9.18 Å². The van der Waals surface area contributed by atoms with Crippen LogP contribution in [0.4, 0.5) is 14.9 Å². The maximum absolute atomic E-state index is 13.8. The van der Waals surface area contributed by atoms with Gasteiger partial charge in [-0.2, -0.15) is 0 Å². The van der Waals surface area contributed by atoms with Gasteiger partial charge in [0.25, 0.3) is 0 Å². The molecule has 7 nitrogen and oxygen atoms in total. The molecule has 0 unspecified atom stereocenters. The molecular formula is C22H24FN3O4. The highest BCUT2D eigenvalue weighted by molar-refractivity contribution is 5.91. The Morgan fingerprint density at radius 2 is 2.07 bits per heavy atom. The average Bonchev–Trinajstić information content (AvgIpc) is 3.12. The number of hydrogen-bond acceptors (Lipinski definition) is 5. The molecule has 0 radical (unpaired) electrons. The highest BCUT2D eigenvalue weighted by Crippen LogP contribution is 2.30. The third-order valence-electron chi connectivity index (χ3n) is 4.72. The second-order valence-electron chi connectivity index (χ2n) is 8.25. The predicted octanol–water partition coefficient (Wildman–Crippen LogP) is 4.50. The fourth-order valence-electron chi connectivity index (χ4n) is 3.25. The topological polar surface area (TPSA) is 85.6 Å².